The molecular formula is C14H20N4O2. The van der Waals surface area contributed by atoms with Gasteiger partial charge in [0.25, 0.3) is 0 Å². The van der Waals surface area contributed by atoms with E-state index in [1.165, 1.54) is 0 Å². The first kappa shape index (κ1) is 14.2. The Morgan fingerprint density at radius 2 is 2.15 bits per heavy atom. The molecule has 0 fully saturated rings. The molecule has 6 nitrogen and oxygen atoms in total. The lowest BCUT2D eigenvalue weighted by Gasteiger charge is -2.20. The minimum Gasteiger partial charge on any atom is -0.397 e. The first-order valence-electron chi connectivity index (χ1n) is 6.71. The number of nitrogen functional groups attached to an aromatic ring is 1. The van der Waals surface area contributed by atoms with Crippen LogP contribution in [0.15, 0.2) is 12.1 Å². The van der Waals surface area contributed by atoms with Crippen molar-refractivity contribution >= 4 is 28.9 Å². The Hall–Kier alpha value is -2.24. The van der Waals surface area contributed by atoms with E-state index in [9.17, 15) is 9.59 Å². The standard InChI is InChI=1S/C14H20N4O2/c1-8(2)17-14(20)7-16-12-5-9-3-4-13(19)18-11(9)6-10(12)15/h5-6,8,16H,3-4,7,15H2,1-2H3,(H,17,20)(H,18,19). The van der Waals surface area contributed by atoms with Crippen molar-refractivity contribution in [1.29, 1.82) is 0 Å². The van der Waals surface area contributed by atoms with Crippen LogP contribution >= 0.6 is 0 Å². The Labute approximate surface area is 118 Å². The number of anilines is 3. The number of nitrogens with two attached hydrogens (primary N) is 1. The van der Waals surface area contributed by atoms with Crippen LogP contribution in [0.25, 0.3) is 0 Å². The van der Waals surface area contributed by atoms with Gasteiger partial charge in [0.2, 0.25) is 11.8 Å². The van der Waals surface area contributed by atoms with Crippen LogP contribution < -0.4 is 21.7 Å². The summed E-state index contributed by atoms with van der Waals surface area (Å²) in [4.78, 5) is 22.9. The summed E-state index contributed by atoms with van der Waals surface area (Å²) >= 11 is 0. The maximum absolute atomic E-state index is 11.6. The third kappa shape index (κ3) is 3.40. The maximum atomic E-state index is 11.6. The van der Waals surface area contributed by atoms with E-state index in [1.807, 2.05) is 19.9 Å². The zero-order valence-electron chi connectivity index (χ0n) is 11.7. The number of benzene rings is 1. The minimum atomic E-state index is -0.0783. The highest BCUT2D eigenvalue weighted by Gasteiger charge is 2.16. The van der Waals surface area contributed by atoms with Crippen LogP contribution in [0.5, 0.6) is 0 Å². The molecule has 1 aliphatic rings. The first-order chi connectivity index (χ1) is 9.45. The monoisotopic (exact) mass is 276 g/mol. The lowest BCUT2D eigenvalue weighted by molar-refractivity contribution is -0.120. The number of hydrogen-bond donors (Lipinski definition) is 4. The van der Waals surface area contributed by atoms with E-state index in [4.69, 9.17) is 5.73 Å². The van der Waals surface area contributed by atoms with E-state index < -0.39 is 0 Å². The zero-order valence-corrected chi connectivity index (χ0v) is 11.7. The van der Waals surface area contributed by atoms with Crippen molar-refractivity contribution in [2.75, 3.05) is 22.9 Å². The van der Waals surface area contributed by atoms with Crippen molar-refractivity contribution in [2.24, 2.45) is 0 Å². The molecule has 108 valence electrons. The molecule has 1 aromatic carbocycles. The van der Waals surface area contributed by atoms with Crippen LogP contribution in [-0.4, -0.2) is 24.4 Å². The van der Waals surface area contributed by atoms with Crippen molar-refractivity contribution in [3.8, 4) is 0 Å². The van der Waals surface area contributed by atoms with Gasteiger partial charge < -0.3 is 21.7 Å². The van der Waals surface area contributed by atoms with Crippen molar-refractivity contribution in [1.82, 2.24) is 5.32 Å². The second kappa shape index (κ2) is 5.81. The van der Waals surface area contributed by atoms with Crippen LogP contribution in [0.2, 0.25) is 0 Å². The van der Waals surface area contributed by atoms with E-state index in [0.29, 0.717) is 18.5 Å². The van der Waals surface area contributed by atoms with E-state index in [1.54, 1.807) is 6.07 Å². The zero-order chi connectivity index (χ0) is 14.7. The average molecular weight is 276 g/mol. The van der Waals surface area contributed by atoms with Crippen molar-refractivity contribution < 1.29 is 9.59 Å². The van der Waals surface area contributed by atoms with Gasteiger partial charge in [0.05, 0.1) is 17.9 Å². The summed E-state index contributed by atoms with van der Waals surface area (Å²) in [5, 5.41) is 8.62. The van der Waals surface area contributed by atoms with Gasteiger partial charge in [-0.1, -0.05) is 0 Å². The molecule has 20 heavy (non-hydrogen) atoms. The van der Waals surface area contributed by atoms with Gasteiger partial charge in [-0.3, -0.25) is 9.59 Å². The minimum absolute atomic E-state index is 0.00826. The molecule has 0 bridgehead atoms. The molecule has 5 N–H and O–H groups in total. The van der Waals surface area contributed by atoms with Gasteiger partial charge in [-0.05, 0) is 38.0 Å². The molecule has 0 spiro atoms. The van der Waals surface area contributed by atoms with Crippen molar-refractivity contribution in [2.45, 2.75) is 32.7 Å². The summed E-state index contributed by atoms with van der Waals surface area (Å²) in [6, 6.07) is 3.74. The topological polar surface area (TPSA) is 96.2 Å². The van der Waals surface area contributed by atoms with Crippen molar-refractivity contribution in [3.63, 3.8) is 0 Å². The second-order valence-electron chi connectivity index (χ2n) is 5.22. The Kier molecular flexibility index (Phi) is 4.12. The number of carbonyl (C=O) groups is 2. The van der Waals surface area contributed by atoms with Gasteiger partial charge in [0.15, 0.2) is 0 Å². The fourth-order valence-corrected chi connectivity index (χ4v) is 2.15. The molecule has 0 saturated heterocycles. The van der Waals surface area contributed by atoms with Crippen LogP contribution in [0.4, 0.5) is 17.1 Å². The third-order valence-electron chi connectivity index (χ3n) is 3.06. The predicted octanol–water partition coefficient (Wildman–Crippen LogP) is 1.09. The van der Waals surface area contributed by atoms with E-state index in [0.717, 1.165) is 16.9 Å². The summed E-state index contributed by atoms with van der Waals surface area (Å²) in [6.45, 7) is 4.00. The Morgan fingerprint density at radius 1 is 1.40 bits per heavy atom. The molecule has 0 unspecified atom stereocenters. The number of rotatable bonds is 4. The van der Waals surface area contributed by atoms with Gasteiger partial charge in [-0.15, -0.1) is 0 Å². The summed E-state index contributed by atoms with van der Waals surface area (Å²) < 4.78 is 0. The number of carbonyl (C=O) groups excluding carboxylic acids is 2. The number of aryl methyl sites for hydroxylation is 1. The number of fused-ring (bicyclic) bond motifs is 1. The molecule has 0 radical (unpaired) electrons. The third-order valence-corrected chi connectivity index (χ3v) is 3.06. The largest absolute Gasteiger partial charge is 0.397 e. The van der Waals surface area contributed by atoms with E-state index in [2.05, 4.69) is 16.0 Å². The summed E-state index contributed by atoms with van der Waals surface area (Å²) in [6.07, 6.45) is 1.17. The molecular weight excluding hydrogens is 256 g/mol. The maximum Gasteiger partial charge on any atom is 0.239 e. The van der Waals surface area contributed by atoms with Crippen LogP contribution in [0, 0.1) is 0 Å². The van der Waals surface area contributed by atoms with Gasteiger partial charge in [0, 0.05) is 18.2 Å². The van der Waals surface area contributed by atoms with Gasteiger partial charge >= 0.3 is 0 Å². The number of nitrogens with one attached hydrogen (secondary N) is 3. The predicted molar refractivity (Wildman–Crippen MR) is 79.6 cm³/mol. The molecule has 0 aliphatic carbocycles. The van der Waals surface area contributed by atoms with Gasteiger partial charge in [0.1, 0.15) is 0 Å². The molecule has 1 heterocycles. The molecule has 2 amide bonds. The normalized spacial score (nSPS) is 13.7. The van der Waals surface area contributed by atoms with E-state index in [-0.39, 0.29) is 24.4 Å². The average Bonchev–Trinajstić information content (AvgIpc) is 2.35. The number of hydrogen-bond acceptors (Lipinski definition) is 4. The quantitative estimate of drug-likeness (QED) is 0.619. The van der Waals surface area contributed by atoms with Crippen LogP contribution in [0.3, 0.4) is 0 Å². The molecule has 1 aliphatic heterocycles. The van der Waals surface area contributed by atoms with Crippen molar-refractivity contribution in [3.05, 3.63) is 17.7 Å². The highest BCUT2D eigenvalue weighted by atomic mass is 16.2. The Morgan fingerprint density at radius 3 is 2.85 bits per heavy atom. The highest BCUT2D eigenvalue weighted by molar-refractivity contribution is 5.95. The lowest BCUT2D eigenvalue weighted by Crippen LogP contribution is -2.35. The first-order valence-corrected chi connectivity index (χ1v) is 6.71. The molecule has 2 rings (SSSR count). The number of amides is 2. The molecule has 0 atom stereocenters. The van der Waals surface area contributed by atoms with Crippen LogP contribution in [0.1, 0.15) is 25.8 Å². The molecule has 0 saturated carbocycles. The van der Waals surface area contributed by atoms with E-state index >= 15 is 0 Å². The molecule has 0 aromatic heterocycles. The SMILES string of the molecule is CC(C)NC(=O)CNc1cc2c(cc1N)NC(=O)CC2. The summed E-state index contributed by atoms with van der Waals surface area (Å²) in [5.41, 5.74) is 8.96. The van der Waals surface area contributed by atoms with Gasteiger partial charge in [-0.25, -0.2) is 0 Å². The lowest BCUT2D eigenvalue weighted by atomic mass is 10.0. The highest BCUT2D eigenvalue weighted by Crippen LogP contribution is 2.30. The van der Waals surface area contributed by atoms with Gasteiger partial charge in [-0.2, -0.15) is 0 Å². The molecule has 6 heteroatoms. The summed E-state index contributed by atoms with van der Waals surface area (Å²) in [5.74, 6) is -0.0701. The Bertz CT molecular complexity index is 540. The second-order valence-corrected chi connectivity index (χ2v) is 5.22. The summed E-state index contributed by atoms with van der Waals surface area (Å²) in [7, 11) is 0. The van der Waals surface area contributed by atoms with Crippen LogP contribution in [-0.2, 0) is 16.0 Å². The smallest absolute Gasteiger partial charge is 0.239 e. The Balaban J connectivity index is 2.06. The fourth-order valence-electron chi connectivity index (χ4n) is 2.15. The fraction of sp³-hybridized carbons (Fsp3) is 0.429. The molecule has 1 aromatic rings.